The average Bonchev–Trinajstić information content (AvgIpc) is 2.98. The molecule has 0 spiro atoms. The largest absolute Gasteiger partial charge is 0.295 e. The van der Waals surface area contributed by atoms with Gasteiger partial charge in [-0.25, -0.2) is 13.5 Å². The zero-order chi connectivity index (χ0) is 15.5. The zero-order valence-corrected chi connectivity index (χ0v) is 12.2. The fourth-order valence-electron chi connectivity index (χ4n) is 2.31. The predicted octanol–water partition coefficient (Wildman–Crippen LogP) is 3.15. The van der Waals surface area contributed by atoms with Crippen LogP contribution in [0.15, 0.2) is 67.3 Å². The third-order valence-corrected chi connectivity index (χ3v) is 3.54. The number of imidazole rings is 1. The fraction of sp³-hybridized carbons (Fsp3) is 0.111. The SMILES string of the molecule is CC(=O)c1ccc(-n2cc[n+](Cc3ccc(F)cc3)c2)cc1. The summed E-state index contributed by atoms with van der Waals surface area (Å²) in [6.07, 6.45) is 5.88. The third-order valence-electron chi connectivity index (χ3n) is 3.54. The van der Waals surface area contributed by atoms with Gasteiger partial charge in [0.25, 0.3) is 0 Å². The van der Waals surface area contributed by atoms with Crippen LogP contribution < -0.4 is 4.57 Å². The average molecular weight is 295 g/mol. The summed E-state index contributed by atoms with van der Waals surface area (Å²) in [5.74, 6) is -0.165. The summed E-state index contributed by atoms with van der Waals surface area (Å²) in [5.41, 5.74) is 2.73. The first-order valence-corrected chi connectivity index (χ1v) is 7.05. The maximum Gasteiger partial charge on any atom is 0.249 e. The van der Waals surface area contributed by atoms with Crippen LogP contribution in [-0.4, -0.2) is 10.4 Å². The summed E-state index contributed by atoms with van der Waals surface area (Å²) in [6, 6.07) is 14.0. The number of nitrogens with zero attached hydrogens (tertiary/aromatic N) is 2. The maximum atomic E-state index is 12.9. The second-order valence-corrected chi connectivity index (χ2v) is 5.22. The summed E-state index contributed by atoms with van der Waals surface area (Å²) in [7, 11) is 0. The van der Waals surface area contributed by atoms with Gasteiger partial charge in [0, 0.05) is 5.56 Å². The quantitative estimate of drug-likeness (QED) is 0.536. The minimum Gasteiger partial charge on any atom is -0.295 e. The molecule has 0 N–H and O–H groups in total. The monoisotopic (exact) mass is 295 g/mol. The molecular weight excluding hydrogens is 279 g/mol. The zero-order valence-electron chi connectivity index (χ0n) is 12.2. The number of rotatable bonds is 4. The molecule has 0 saturated carbocycles. The molecule has 0 radical (unpaired) electrons. The molecule has 22 heavy (non-hydrogen) atoms. The Bertz CT molecular complexity index is 789. The summed E-state index contributed by atoms with van der Waals surface area (Å²) in [4.78, 5) is 11.3. The number of benzene rings is 2. The van der Waals surface area contributed by atoms with Crippen molar-refractivity contribution in [2.75, 3.05) is 0 Å². The van der Waals surface area contributed by atoms with Gasteiger partial charge in [0.1, 0.15) is 30.4 Å². The number of carbonyl (C=O) groups excluding carboxylic acids is 1. The smallest absolute Gasteiger partial charge is 0.249 e. The first-order valence-electron chi connectivity index (χ1n) is 7.05. The molecule has 2 aromatic carbocycles. The van der Waals surface area contributed by atoms with Crippen molar-refractivity contribution < 1.29 is 13.8 Å². The lowest BCUT2D eigenvalue weighted by atomic mass is 10.1. The number of halogens is 1. The van der Waals surface area contributed by atoms with Crippen molar-refractivity contribution >= 4 is 5.78 Å². The minimum atomic E-state index is -0.225. The molecular formula is C18H16FN2O+. The molecule has 0 aliphatic heterocycles. The number of hydrogen-bond acceptors (Lipinski definition) is 1. The fourth-order valence-corrected chi connectivity index (χ4v) is 2.31. The van der Waals surface area contributed by atoms with Gasteiger partial charge in [0.15, 0.2) is 5.78 Å². The minimum absolute atomic E-state index is 0.0606. The number of aromatic nitrogens is 2. The van der Waals surface area contributed by atoms with E-state index in [9.17, 15) is 9.18 Å². The molecule has 3 nitrogen and oxygen atoms in total. The Labute approximate surface area is 128 Å². The molecule has 0 unspecified atom stereocenters. The normalized spacial score (nSPS) is 10.6. The molecule has 0 atom stereocenters. The van der Waals surface area contributed by atoms with E-state index in [0.717, 1.165) is 11.3 Å². The van der Waals surface area contributed by atoms with Crippen LogP contribution >= 0.6 is 0 Å². The second kappa shape index (κ2) is 5.93. The number of hydrogen-bond donors (Lipinski definition) is 0. The standard InChI is InChI=1S/C18H16FN2O/c1-14(22)16-4-8-18(9-5-16)21-11-10-20(13-21)12-15-2-6-17(19)7-3-15/h2-11,13H,12H2,1H3/q+1. The molecule has 0 saturated heterocycles. The topological polar surface area (TPSA) is 25.9 Å². The van der Waals surface area contributed by atoms with Crippen molar-refractivity contribution in [3.8, 4) is 5.69 Å². The summed E-state index contributed by atoms with van der Waals surface area (Å²) < 4.78 is 16.9. The highest BCUT2D eigenvalue weighted by molar-refractivity contribution is 5.94. The molecule has 0 fully saturated rings. The van der Waals surface area contributed by atoms with Gasteiger partial charge in [-0.05, 0) is 48.9 Å². The van der Waals surface area contributed by atoms with Crippen molar-refractivity contribution in [2.24, 2.45) is 0 Å². The van der Waals surface area contributed by atoms with E-state index in [1.54, 1.807) is 19.1 Å². The first-order chi connectivity index (χ1) is 10.6. The Morgan fingerprint density at radius 3 is 2.41 bits per heavy atom. The van der Waals surface area contributed by atoms with E-state index in [2.05, 4.69) is 0 Å². The van der Waals surface area contributed by atoms with Crippen LogP contribution in [0.2, 0.25) is 0 Å². The Kier molecular flexibility index (Phi) is 3.83. The van der Waals surface area contributed by atoms with E-state index >= 15 is 0 Å². The Morgan fingerprint density at radius 2 is 1.77 bits per heavy atom. The van der Waals surface area contributed by atoms with Gasteiger partial charge in [0.2, 0.25) is 6.33 Å². The molecule has 3 rings (SSSR count). The molecule has 1 aromatic heterocycles. The third kappa shape index (κ3) is 3.11. The highest BCUT2D eigenvalue weighted by Crippen LogP contribution is 2.09. The lowest BCUT2D eigenvalue weighted by Crippen LogP contribution is -2.31. The van der Waals surface area contributed by atoms with Crippen LogP contribution in [0.1, 0.15) is 22.8 Å². The van der Waals surface area contributed by atoms with Crippen molar-refractivity contribution in [3.05, 3.63) is 84.2 Å². The highest BCUT2D eigenvalue weighted by Gasteiger charge is 2.08. The summed E-state index contributed by atoms with van der Waals surface area (Å²) in [6.45, 7) is 2.24. The van der Waals surface area contributed by atoms with Crippen molar-refractivity contribution in [1.29, 1.82) is 0 Å². The van der Waals surface area contributed by atoms with Crippen LogP contribution in [-0.2, 0) is 6.54 Å². The van der Waals surface area contributed by atoms with Crippen LogP contribution in [0.5, 0.6) is 0 Å². The molecule has 0 aliphatic carbocycles. The lowest BCUT2D eigenvalue weighted by molar-refractivity contribution is -0.687. The molecule has 0 aliphatic rings. The summed E-state index contributed by atoms with van der Waals surface area (Å²) in [5, 5.41) is 0. The van der Waals surface area contributed by atoms with Gasteiger partial charge in [-0.1, -0.05) is 12.1 Å². The summed E-state index contributed by atoms with van der Waals surface area (Å²) >= 11 is 0. The van der Waals surface area contributed by atoms with E-state index in [4.69, 9.17) is 0 Å². The molecule has 110 valence electrons. The Morgan fingerprint density at radius 1 is 1.09 bits per heavy atom. The van der Waals surface area contributed by atoms with Gasteiger partial charge in [-0.15, -0.1) is 0 Å². The molecule has 4 heteroatoms. The second-order valence-electron chi connectivity index (χ2n) is 5.22. The van der Waals surface area contributed by atoms with E-state index in [-0.39, 0.29) is 11.6 Å². The van der Waals surface area contributed by atoms with Gasteiger partial charge in [-0.2, -0.15) is 0 Å². The van der Waals surface area contributed by atoms with Crippen LogP contribution in [0.3, 0.4) is 0 Å². The van der Waals surface area contributed by atoms with Crippen LogP contribution in [0, 0.1) is 5.82 Å². The lowest BCUT2D eigenvalue weighted by Gasteiger charge is -1.99. The van der Waals surface area contributed by atoms with Gasteiger partial charge >= 0.3 is 0 Å². The van der Waals surface area contributed by atoms with Gasteiger partial charge in [-0.3, -0.25) is 4.79 Å². The Hall–Kier alpha value is -2.75. The van der Waals surface area contributed by atoms with Crippen LogP contribution in [0.4, 0.5) is 4.39 Å². The Balaban J connectivity index is 1.78. The molecule has 0 amide bonds. The van der Waals surface area contributed by atoms with E-state index in [1.165, 1.54) is 12.1 Å². The van der Waals surface area contributed by atoms with Crippen LogP contribution in [0.25, 0.3) is 5.69 Å². The van der Waals surface area contributed by atoms with Crippen molar-refractivity contribution in [1.82, 2.24) is 4.57 Å². The van der Waals surface area contributed by atoms with Crippen molar-refractivity contribution in [3.63, 3.8) is 0 Å². The van der Waals surface area contributed by atoms with E-state index < -0.39 is 0 Å². The van der Waals surface area contributed by atoms with E-state index in [1.807, 2.05) is 52.1 Å². The van der Waals surface area contributed by atoms with Gasteiger partial charge < -0.3 is 0 Å². The van der Waals surface area contributed by atoms with Gasteiger partial charge in [0.05, 0.1) is 0 Å². The van der Waals surface area contributed by atoms with Crippen molar-refractivity contribution in [2.45, 2.75) is 13.5 Å². The number of Topliss-reactive ketones (excluding diaryl/α,β-unsaturated/α-hetero) is 1. The maximum absolute atomic E-state index is 12.9. The first kappa shape index (κ1) is 14.2. The number of carbonyl (C=O) groups is 1. The molecule has 0 bridgehead atoms. The number of ketones is 1. The molecule has 3 aromatic rings. The van der Waals surface area contributed by atoms with E-state index in [0.29, 0.717) is 12.1 Å². The predicted molar refractivity (Wildman–Crippen MR) is 81.5 cm³/mol. The molecule has 1 heterocycles. The highest BCUT2D eigenvalue weighted by atomic mass is 19.1.